The summed E-state index contributed by atoms with van der Waals surface area (Å²) >= 11 is 12.5. The van der Waals surface area contributed by atoms with Gasteiger partial charge < -0.3 is 14.9 Å². The number of carbonyl (C=O) groups excluding carboxylic acids is 1. The molecule has 0 bridgehead atoms. The molecule has 146 valence electrons. The molecule has 0 aliphatic carbocycles. The first-order chi connectivity index (χ1) is 13.6. The quantitative estimate of drug-likeness (QED) is 0.671. The van der Waals surface area contributed by atoms with Crippen molar-refractivity contribution in [1.29, 1.82) is 0 Å². The van der Waals surface area contributed by atoms with Gasteiger partial charge in [0.15, 0.2) is 0 Å². The van der Waals surface area contributed by atoms with Crippen LogP contribution in [0.4, 0.5) is 0 Å². The average Bonchev–Trinajstić information content (AvgIpc) is 3.09. The molecule has 28 heavy (non-hydrogen) atoms. The molecule has 1 saturated heterocycles. The van der Waals surface area contributed by atoms with Gasteiger partial charge in [0.1, 0.15) is 11.4 Å². The number of nitrogens with two attached hydrogens (primary N) is 1. The van der Waals surface area contributed by atoms with Crippen molar-refractivity contribution in [1.82, 2.24) is 9.38 Å². The van der Waals surface area contributed by atoms with Crippen molar-refractivity contribution in [3.05, 3.63) is 58.0 Å². The van der Waals surface area contributed by atoms with Crippen LogP contribution in [0.3, 0.4) is 0 Å². The highest BCUT2D eigenvalue weighted by molar-refractivity contribution is 6.36. The number of imidazole rings is 1. The van der Waals surface area contributed by atoms with Crippen molar-refractivity contribution in [3.8, 4) is 11.1 Å². The maximum atomic E-state index is 12.7. The maximum Gasteiger partial charge on any atom is 0.142 e. The standard InChI is InChI=1S/C21H21Cl2N3O2/c22-15-1-2-17(19(23)8-15)18-12-26-16(11-25-21(26)7-14(18)10-24)9-20(27)13-3-5-28-6-4-13/h1-2,7-8,11-13H,3-6,9-10,24H2. The molecule has 3 heterocycles. The number of pyridine rings is 1. The molecule has 0 radical (unpaired) electrons. The van der Waals surface area contributed by atoms with Gasteiger partial charge in [-0.15, -0.1) is 0 Å². The molecular weight excluding hydrogens is 397 g/mol. The summed E-state index contributed by atoms with van der Waals surface area (Å²) in [7, 11) is 0. The summed E-state index contributed by atoms with van der Waals surface area (Å²) in [4.78, 5) is 17.2. The highest BCUT2D eigenvalue weighted by atomic mass is 35.5. The fraction of sp³-hybridized carbons (Fsp3) is 0.333. The van der Waals surface area contributed by atoms with E-state index in [1.165, 1.54) is 0 Å². The highest BCUT2D eigenvalue weighted by Crippen LogP contribution is 2.33. The Morgan fingerprint density at radius 2 is 2.00 bits per heavy atom. The molecule has 2 aromatic heterocycles. The minimum Gasteiger partial charge on any atom is -0.381 e. The molecule has 0 spiro atoms. The van der Waals surface area contributed by atoms with Crippen molar-refractivity contribution in [2.45, 2.75) is 25.8 Å². The van der Waals surface area contributed by atoms with Crippen molar-refractivity contribution < 1.29 is 9.53 Å². The van der Waals surface area contributed by atoms with Crippen LogP contribution in [0.25, 0.3) is 16.8 Å². The van der Waals surface area contributed by atoms with Gasteiger partial charge in [-0.2, -0.15) is 0 Å². The molecule has 1 fully saturated rings. The van der Waals surface area contributed by atoms with E-state index in [-0.39, 0.29) is 11.7 Å². The monoisotopic (exact) mass is 417 g/mol. The number of Topliss-reactive ketones (excluding diaryl/α,β-unsaturated/α-hetero) is 1. The minimum absolute atomic E-state index is 0.0628. The third kappa shape index (κ3) is 3.80. The van der Waals surface area contributed by atoms with Crippen LogP contribution in [-0.4, -0.2) is 28.4 Å². The lowest BCUT2D eigenvalue weighted by Crippen LogP contribution is -2.25. The van der Waals surface area contributed by atoms with E-state index in [0.29, 0.717) is 36.2 Å². The first kappa shape index (κ1) is 19.4. The second kappa shape index (κ2) is 8.21. The summed E-state index contributed by atoms with van der Waals surface area (Å²) in [5.74, 6) is 0.298. The van der Waals surface area contributed by atoms with Crippen molar-refractivity contribution in [3.63, 3.8) is 0 Å². The molecule has 1 aromatic carbocycles. The molecule has 0 amide bonds. The number of hydrogen-bond acceptors (Lipinski definition) is 4. The molecule has 0 saturated carbocycles. The van der Waals surface area contributed by atoms with Gasteiger partial charge in [-0.25, -0.2) is 4.98 Å². The van der Waals surface area contributed by atoms with E-state index >= 15 is 0 Å². The smallest absolute Gasteiger partial charge is 0.142 e. The van der Waals surface area contributed by atoms with Crippen LogP contribution in [0, 0.1) is 5.92 Å². The Bertz CT molecular complexity index is 1030. The molecule has 2 N–H and O–H groups in total. The summed E-state index contributed by atoms with van der Waals surface area (Å²) in [5, 5.41) is 1.14. The lowest BCUT2D eigenvalue weighted by atomic mass is 9.93. The van der Waals surface area contributed by atoms with Gasteiger partial charge in [0.2, 0.25) is 0 Å². The number of carbonyl (C=O) groups is 1. The van der Waals surface area contributed by atoms with Gasteiger partial charge in [0.05, 0.1) is 0 Å². The largest absolute Gasteiger partial charge is 0.381 e. The van der Waals surface area contributed by atoms with E-state index in [4.69, 9.17) is 33.7 Å². The Labute approximate surface area is 173 Å². The van der Waals surface area contributed by atoms with Crippen LogP contribution in [0.15, 0.2) is 36.7 Å². The predicted molar refractivity (Wildman–Crippen MR) is 111 cm³/mol. The van der Waals surface area contributed by atoms with Gasteiger partial charge >= 0.3 is 0 Å². The lowest BCUT2D eigenvalue weighted by molar-refractivity contribution is -0.125. The van der Waals surface area contributed by atoms with Crippen molar-refractivity contribution >= 4 is 34.6 Å². The molecule has 5 nitrogen and oxygen atoms in total. The Kier molecular flexibility index (Phi) is 5.69. The summed E-state index contributed by atoms with van der Waals surface area (Å²) < 4.78 is 7.32. The van der Waals surface area contributed by atoms with E-state index in [1.54, 1.807) is 18.3 Å². The normalized spacial score (nSPS) is 15.2. The fourth-order valence-corrected chi connectivity index (χ4v) is 4.22. The number of hydrogen-bond donors (Lipinski definition) is 1. The van der Waals surface area contributed by atoms with Gasteiger partial charge in [-0.05, 0) is 36.6 Å². The van der Waals surface area contributed by atoms with E-state index in [2.05, 4.69) is 4.98 Å². The van der Waals surface area contributed by atoms with E-state index in [9.17, 15) is 4.79 Å². The Hall–Kier alpha value is -1.92. The molecule has 1 aliphatic rings. The van der Waals surface area contributed by atoms with Crippen molar-refractivity contribution in [2.75, 3.05) is 13.2 Å². The van der Waals surface area contributed by atoms with Gasteiger partial charge in [0.25, 0.3) is 0 Å². The first-order valence-electron chi connectivity index (χ1n) is 9.31. The third-order valence-corrected chi connectivity index (χ3v) is 5.83. The third-order valence-electron chi connectivity index (χ3n) is 5.28. The Morgan fingerprint density at radius 3 is 2.71 bits per heavy atom. The van der Waals surface area contributed by atoms with Crippen LogP contribution < -0.4 is 5.73 Å². The molecule has 7 heteroatoms. The molecular formula is C21H21Cl2N3O2. The summed E-state index contributed by atoms with van der Waals surface area (Å²) in [6.45, 7) is 1.67. The summed E-state index contributed by atoms with van der Waals surface area (Å²) in [6.07, 6.45) is 5.66. The Balaban J connectivity index is 1.73. The van der Waals surface area contributed by atoms with Crippen LogP contribution in [0.2, 0.25) is 10.0 Å². The number of ketones is 1. The van der Waals surface area contributed by atoms with E-state index in [0.717, 1.165) is 40.9 Å². The number of ether oxygens (including phenoxy) is 1. The van der Waals surface area contributed by atoms with Gasteiger partial charge in [-0.1, -0.05) is 29.3 Å². The molecule has 1 aliphatic heterocycles. The van der Waals surface area contributed by atoms with Crippen LogP contribution in [0.1, 0.15) is 24.1 Å². The molecule has 3 aromatic rings. The fourth-order valence-electron chi connectivity index (χ4n) is 3.71. The topological polar surface area (TPSA) is 69.6 Å². The summed E-state index contributed by atoms with van der Waals surface area (Å²) in [5.41, 5.74) is 10.3. The zero-order valence-corrected chi connectivity index (χ0v) is 16.8. The second-order valence-electron chi connectivity index (χ2n) is 7.05. The number of nitrogens with zero attached hydrogens (tertiary/aromatic N) is 2. The minimum atomic E-state index is 0.0628. The van der Waals surface area contributed by atoms with E-state index < -0.39 is 0 Å². The van der Waals surface area contributed by atoms with Crippen LogP contribution in [-0.2, 0) is 22.5 Å². The molecule has 4 rings (SSSR count). The number of halogens is 2. The van der Waals surface area contributed by atoms with E-state index in [1.807, 2.05) is 22.7 Å². The maximum absolute atomic E-state index is 12.7. The molecule has 0 unspecified atom stereocenters. The predicted octanol–water partition coefficient (Wildman–Crippen LogP) is 4.31. The van der Waals surface area contributed by atoms with Crippen molar-refractivity contribution in [2.24, 2.45) is 11.7 Å². The van der Waals surface area contributed by atoms with Crippen LogP contribution in [0.5, 0.6) is 0 Å². The second-order valence-corrected chi connectivity index (χ2v) is 7.89. The zero-order valence-electron chi connectivity index (χ0n) is 15.3. The lowest BCUT2D eigenvalue weighted by Gasteiger charge is -2.20. The summed E-state index contributed by atoms with van der Waals surface area (Å²) in [6, 6.07) is 7.35. The first-order valence-corrected chi connectivity index (χ1v) is 10.1. The number of benzene rings is 1. The van der Waals surface area contributed by atoms with Crippen LogP contribution >= 0.6 is 23.2 Å². The van der Waals surface area contributed by atoms with Gasteiger partial charge in [-0.3, -0.25) is 4.79 Å². The number of aromatic nitrogens is 2. The Morgan fingerprint density at radius 1 is 1.21 bits per heavy atom. The SMILES string of the molecule is NCc1cc2ncc(CC(=O)C3CCOCC3)n2cc1-c1ccc(Cl)cc1Cl. The molecule has 0 atom stereocenters. The number of fused-ring (bicyclic) bond motifs is 1. The highest BCUT2D eigenvalue weighted by Gasteiger charge is 2.23. The average molecular weight is 418 g/mol. The van der Waals surface area contributed by atoms with Gasteiger partial charge in [0, 0.05) is 71.4 Å². The number of rotatable bonds is 5. The zero-order chi connectivity index (χ0) is 19.7.